The van der Waals surface area contributed by atoms with Crippen molar-refractivity contribution in [3.63, 3.8) is 0 Å². The predicted octanol–water partition coefficient (Wildman–Crippen LogP) is -0.339. The first-order valence-electron chi connectivity index (χ1n) is 4.96. The third-order valence-corrected chi connectivity index (χ3v) is 1.82. The summed E-state index contributed by atoms with van der Waals surface area (Å²) in [6, 6.07) is 0. The van der Waals surface area contributed by atoms with Crippen molar-refractivity contribution in [2.75, 3.05) is 34.0 Å². The largest absolute Gasteiger partial charge is 0.382 e. The monoisotopic (exact) mass is 214 g/mol. The average molecular weight is 214 g/mol. The second kappa shape index (κ2) is 7.33. The maximum absolute atomic E-state index is 5.32. The van der Waals surface area contributed by atoms with Crippen molar-refractivity contribution in [3.05, 3.63) is 12.2 Å². The summed E-state index contributed by atoms with van der Waals surface area (Å²) < 4.78 is 12.0. The fourth-order valence-corrected chi connectivity index (χ4v) is 1.08. The van der Waals surface area contributed by atoms with Crippen LogP contribution >= 0.6 is 0 Å². The number of ether oxygens (including phenoxy) is 2. The molecule has 0 atom stereocenters. The van der Waals surface area contributed by atoms with Gasteiger partial charge in [-0.1, -0.05) is 0 Å². The van der Waals surface area contributed by atoms with Crippen LogP contribution in [-0.4, -0.2) is 48.7 Å². The van der Waals surface area contributed by atoms with E-state index in [-0.39, 0.29) is 0 Å². The molecular formula is C9H18N4O2. The van der Waals surface area contributed by atoms with Gasteiger partial charge < -0.3 is 14.8 Å². The zero-order valence-corrected chi connectivity index (χ0v) is 9.27. The van der Waals surface area contributed by atoms with Crippen LogP contribution in [0.2, 0.25) is 0 Å². The van der Waals surface area contributed by atoms with Gasteiger partial charge >= 0.3 is 0 Å². The molecule has 15 heavy (non-hydrogen) atoms. The SMILES string of the molecule is CNCc1ncn(CCOCCOC)n1. The van der Waals surface area contributed by atoms with Crippen LogP contribution in [0.3, 0.4) is 0 Å². The normalized spacial score (nSPS) is 10.8. The molecule has 1 aromatic heterocycles. The lowest BCUT2D eigenvalue weighted by atomic mass is 10.6. The Kier molecular flexibility index (Phi) is 5.91. The summed E-state index contributed by atoms with van der Waals surface area (Å²) in [5.41, 5.74) is 0. The summed E-state index contributed by atoms with van der Waals surface area (Å²) in [5.74, 6) is 0.800. The summed E-state index contributed by atoms with van der Waals surface area (Å²) >= 11 is 0. The highest BCUT2D eigenvalue weighted by molar-refractivity contribution is 4.79. The smallest absolute Gasteiger partial charge is 0.164 e. The van der Waals surface area contributed by atoms with Crippen LogP contribution < -0.4 is 5.32 Å². The van der Waals surface area contributed by atoms with Gasteiger partial charge in [-0.05, 0) is 7.05 Å². The molecule has 0 aliphatic heterocycles. The number of hydrogen-bond acceptors (Lipinski definition) is 5. The van der Waals surface area contributed by atoms with E-state index in [2.05, 4.69) is 15.4 Å². The highest BCUT2D eigenvalue weighted by Crippen LogP contribution is 1.89. The van der Waals surface area contributed by atoms with Crippen molar-refractivity contribution in [3.8, 4) is 0 Å². The molecule has 6 nitrogen and oxygen atoms in total. The summed E-state index contributed by atoms with van der Waals surface area (Å²) in [6.07, 6.45) is 1.71. The Balaban J connectivity index is 2.14. The molecule has 1 heterocycles. The van der Waals surface area contributed by atoms with Gasteiger partial charge in [0.1, 0.15) is 6.33 Å². The number of aromatic nitrogens is 3. The van der Waals surface area contributed by atoms with E-state index >= 15 is 0 Å². The minimum absolute atomic E-state index is 0.620. The third kappa shape index (κ3) is 4.87. The van der Waals surface area contributed by atoms with Crippen molar-refractivity contribution >= 4 is 0 Å². The molecule has 6 heteroatoms. The first-order chi connectivity index (χ1) is 7.36. The van der Waals surface area contributed by atoms with Crippen LogP contribution in [0.5, 0.6) is 0 Å². The molecule has 86 valence electrons. The van der Waals surface area contributed by atoms with Gasteiger partial charge in [0.05, 0.1) is 32.9 Å². The highest BCUT2D eigenvalue weighted by atomic mass is 16.5. The van der Waals surface area contributed by atoms with E-state index in [0.29, 0.717) is 26.4 Å². The van der Waals surface area contributed by atoms with E-state index in [1.165, 1.54) is 0 Å². The molecule has 0 aromatic carbocycles. The molecule has 0 aliphatic carbocycles. The molecule has 0 fully saturated rings. The quantitative estimate of drug-likeness (QED) is 0.600. The van der Waals surface area contributed by atoms with Gasteiger partial charge in [0.2, 0.25) is 0 Å². The Morgan fingerprint density at radius 2 is 2.27 bits per heavy atom. The highest BCUT2D eigenvalue weighted by Gasteiger charge is 1.98. The molecule has 1 aromatic rings. The minimum atomic E-state index is 0.620. The second-order valence-corrected chi connectivity index (χ2v) is 3.06. The Bertz CT molecular complexity index is 264. The standard InChI is InChI=1S/C9H18N4O2/c1-10-7-9-11-8-13(12-9)3-4-15-6-5-14-2/h8,10H,3-7H2,1-2H3. The first kappa shape index (κ1) is 12.1. The second-order valence-electron chi connectivity index (χ2n) is 3.06. The van der Waals surface area contributed by atoms with E-state index in [0.717, 1.165) is 12.4 Å². The number of nitrogens with one attached hydrogen (secondary N) is 1. The third-order valence-electron chi connectivity index (χ3n) is 1.82. The zero-order valence-electron chi connectivity index (χ0n) is 9.27. The molecule has 0 amide bonds. The molecule has 0 aliphatic rings. The van der Waals surface area contributed by atoms with Gasteiger partial charge in [0.25, 0.3) is 0 Å². The Morgan fingerprint density at radius 3 is 3.00 bits per heavy atom. The predicted molar refractivity (Wildman–Crippen MR) is 55.5 cm³/mol. The number of rotatable bonds is 8. The fourth-order valence-electron chi connectivity index (χ4n) is 1.08. The van der Waals surface area contributed by atoms with Gasteiger partial charge in [0, 0.05) is 7.11 Å². The number of methoxy groups -OCH3 is 1. The van der Waals surface area contributed by atoms with Crippen molar-refractivity contribution in [2.24, 2.45) is 0 Å². The molecule has 0 unspecified atom stereocenters. The van der Waals surface area contributed by atoms with Gasteiger partial charge in [-0.15, -0.1) is 0 Å². The lowest BCUT2D eigenvalue weighted by Gasteiger charge is -2.02. The Hall–Kier alpha value is -0.980. The number of hydrogen-bond donors (Lipinski definition) is 1. The van der Waals surface area contributed by atoms with Crippen molar-refractivity contribution < 1.29 is 9.47 Å². The molecule has 1 rings (SSSR count). The summed E-state index contributed by atoms with van der Waals surface area (Å²) in [4.78, 5) is 4.13. The topological polar surface area (TPSA) is 61.2 Å². The Labute approximate surface area is 89.6 Å². The van der Waals surface area contributed by atoms with E-state index in [1.807, 2.05) is 7.05 Å². The van der Waals surface area contributed by atoms with E-state index < -0.39 is 0 Å². The lowest BCUT2D eigenvalue weighted by molar-refractivity contribution is 0.0653. The average Bonchev–Trinajstić information content (AvgIpc) is 2.66. The molecular weight excluding hydrogens is 196 g/mol. The summed E-state index contributed by atoms with van der Waals surface area (Å²) in [6.45, 7) is 3.29. The minimum Gasteiger partial charge on any atom is -0.382 e. The van der Waals surface area contributed by atoms with Crippen LogP contribution in [0.4, 0.5) is 0 Å². The molecule has 0 saturated carbocycles. The van der Waals surface area contributed by atoms with Crippen LogP contribution in [0, 0.1) is 0 Å². The van der Waals surface area contributed by atoms with Crippen LogP contribution in [0.15, 0.2) is 6.33 Å². The van der Waals surface area contributed by atoms with Crippen LogP contribution in [0.1, 0.15) is 5.82 Å². The molecule has 0 spiro atoms. The number of nitrogens with zero attached hydrogens (tertiary/aromatic N) is 3. The summed E-state index contributed by atoms with van der Waals surface area (Å²) in [7, 11) is 3.53. The van der Waals surface area contributed by atoms with E-state index in [1.54, 1.807) is 18.1 Å². The maximum atomic E-state index is 5.32. The lowest BCUT2D eigenvalue weighted by Crippen LogP contribution is -2.11. The van der Waals surface area contributed by atoms with E-state index in [9.17, 15) is 0 Å². The maximum Gasteiger partial charge on any atom is 0.164 e. The Morgan fingerprint density at radius 1 is 1.40 bits per heavy atom. The molecule has 0 radical (unpaired) electrons. The molecule has 1 N–H and O–H groups in total. The van der Waals surface area contributed by atoms with Gasteiger partial charge in [-0.2, -0.15) is 5.10 Å². The van der Waals surface area contributed by atoms with Crippen molar-refractivity contribution in [1.82, 2.24) is 20.1 Å². The van der Waals surface area contributed by atoms with Crippen molar-refractivity contribution in [1.29, 1.82) is 0 Å². The zero-order chi connectivity index (χ0) is 10.9. The van der Waals surface area contributed by atoms with Gasteiger partial charge in [-0.3, -0.25) is 4.68 Å². The van der Waals surface area contributed by atoms with Crippen molar-refractivity contribution in [2.45, 2.75) is 13.1 Å². The van der Waals surface area contributed by atoms with Crippen LogP contribution in [0.25, 0.3) is 0 Å². The summed E-state index contributed by atoms with van der Waals surface area (Å²) in [5, 5.41) is 7.24. The van der Waals surface area contributed by atoms with Gasteiger partial charge in [-0.25, -0.2) is 4.98 Å². The van der Waals surface area contributed by atoms with Crippen LogP contribution in [-0.2, 0) is 22.6 Å². The molecule has 0 saturated heterocycles. The van der Waals surface area contributed by atoms with Gasteiger partial charge in [0.15, 0.2) is 5.82 Å². The van der Waals surface area contributed by atoms with E-state index in [4.69, 9.17) is 9.47 Å². The first-order valence-corrected chi connectivity index (χ1v) is 4.96. The fraction of sp³-hybridized carbons (Fsp3) is 0.778. The molecule has 0 bridgehead atoms.